The SMILES string of the molecule is Brc1ccc2c(c1)-c1ccccc1-c1ccccc1-c1ccccc1-2.c1ccc(-n2c3ccccc3n3c4ccc5c6ccccc6[nH]c5c4nc23)cc1.c1ccc(-n2c3ccccc3n3c4ccc5c6ccccc6n(-c6ccc7c(c6)-c6ccccc6-c6ccccc6-c6ccccc6-7)c5c4nc23)cc1. The van der Waals surface area contributed by atoms with Crippen LogP contribution in [-0.2, 0) is 0 Å². The molecule has 6 aromatic heterocycles. The van der Waals surface area contributed by atoms with E-state index in [0.717, 1.165) is 99.3 Å². The van der Waals surface area contributed by atoms with Gasteiger partial charge in [0.25, 0.3) is 0 Å². The number of H-pyrrole nitrogens is 1. The third-order valence-corrected chi connectivity index (χ3v) is 22.5. The van der Waals surface area contributed by atoms with Crippen LogP contribution in [0.15, 0.2) is 368 Å². The van der Waals surface area contributed by atoms with E-state index in [1.807, 2.05) is 6.07 Å². The molecule has 6 heterocycles. The monoisotopic (exact) mass is 1430 g/mol. The molecular weight excluding hydrogens is 1370 g/mol. The van der Waals surface area contributed by atoms with E-state index in [9.17, 15) is 0 Å². The molecule has 24 rings (SSSR count). The van der Waals surface area contributed by atoms with E-state index >= 15 is 0 Å². The van der Waals surface area contributed by atoms with Crippen LogP contribution in [0.5, 0.6) is 0 Å². The van der Waals surface area contributed by atoms with Gasteiger partial charge < -0.3 is 9.55 Å². The number of rotatable bonds is 3. The number of aromatic nitrogens is 8. The molecule has 500 valence electrons. The van der Waals surface area contributed by atoms with Gasteiger partial charge in [-0.05, 0) is 198 Å². The molecule has 0 atom stereocenters. The number of hydrogen-bond donors (Lipinski definition) is 1. The molecule has 0 unspecified atom stereocenters. The molecule has 0 saturated carbocycles. The smallest absolute Gasteiger partial charge is 0.220 e. The highest BCUT2D eigenvalue weighted by atomic mass is 79.9. The van der Waals surface area contributed by atoms with E-state index in [-0.39, 0.29) is 0 Å². The van der Waals surface area contributed by atoms with Crippen LogP contribution in [0.2, 0.25) is 0 Å². The van der Waals surface area contributed by atoms with E-state index in [0.29, 0.717) is 0 Å². The first-order chi connectivity index (χ1) is 53.1. The molecule has 2 aliphatic rings. The van der Waals surface area contributed by atoms with Crippen molar-refractivity contribution in [3.8, 4) is 106 Å². The van der Waals surface area contributed by atoms with E-state index in [4.69, 9.17) is 9.97 Å². The Kier molecular flexibility index (Phi) is 13.7. The van der Waals surface area contributed by atoms with Gasteiger partial charge in [0.2, 0.25) is 11.6 Å². The van der Waals surface area contributed by atoms with Crippen molar-refractivity contribution in [2.24, 2.45) is 0 Å². The van der Waals surface area contributed by atoms with Gasteiger partial charge in [-0.2, -0.15) is 0 Å². The van der Waals surface area contributed by atoms with E-state index < -0.39 is 0 Å². The Labute approximate surface area is 623 Å². The predicted octanol–water partition coefficient (Wildman–Crippen LogP) is 26.0. The van der Waals surface area contributed by atoms with Gasteiger partial charge in [0.1, 0.15) is 11.0 Å². The molecular formula is C98H61BrN8. The number of hydrogen-bond acceptors (Lipinski definition) is 2. The van der Waals surface area contributed by atoms with Gasteiger partial charge >= 0.3 is 0 Å². The van der Waals surface area contributed by atoms with Crippen molar-refractivity contribution < 1.29 is 0 Å². The summed E-state index contributed by atoms with van der Waals surface area (Å²) in [5.41, 5.74) is 36.8. The van der Waals surface area contributed by atoms with Crippen LogP contribution < -0.4 is 0 Å². The van der Waals surface area contributed by atoms with Crippen LogP contribution in [0.3, 0.4) is 0 Å². The minimum absolute atomic E-state index is 0.902. The van der Waals surface area contributed by atoms with Crippen molar-refractivity contribution in [3.63, 3.8) is 0 Å². The molecule has 0 radical (unpaired) electrons. The molecule has 1 N–H and O–H groups in total. The lowest BCUT2D eigenvalue weighted by Gasteiger charge is -2.24. The molecule has 0 spiro atoms. The minimum Gasteiger partial charge on any atom is -0.353 e. The summed E-state index contributed by atoms with van der Waals surface area (Å²) in [6.07, 6.45) is 0. The van der Waals surface area contributed by atoms with Crippen LogP contribution in [0.1, 0.15) is 0 Å². The highest BCUT2D eigenvalue weighted by Gasteiger charge is 2.28. The molecule has 16 aromatic carbocycles. The maximum atomic E-state index is 5.55. The van der Waals surface area contributed by atoms with Crippen LogP contribution in [0.25, 0.3) is 205 Å². The Balaban J connectivity index is 0.000000111. The number of nitrogens with zero attached hydrogens (tertiary/aromatic N) is 7. The van der Waals surface area contributed by atoms with Crippen LogP contribution in [0.4, 0.5) is 0 Å². The summed E-state index contributed by atoms with van der Waals surface area (Å²) in [4.78, 5) is 14.3. The maximum absolute atomic E-state index is 5.55. The largest absolute Gasteiger partial charge is 0.353 e. The van der Waals surface area contributed by atoms with Crippen molar-refractivity contribution in [1.29, 1.82) is 0 Å². The number of benzene rings is 16. The van der Waals surface area contributed by atoms with Gasteiger partial charge in [-0.25, -0.2) is 9.97 Å². The van der Waals surface area contributed by atoms with Crippen molar-refractivity contribution >= 4 is 115 Å². The summed E-state index contributed by atoms with van der Waals surface area (Å²) in [6, 6.07) is 131. The highest BCUT2D eigenvalue weighted by molar-refractivity contribution is 9.10. The zero-order chi connectivity index (χ0) is 70.4. The molecule has 2 aliphatic carbocycles. The first-order valence-electron chi connectivity index (χ1n) is 36.3. The third-order valence-electron chi connectivity index (χ3n) is 22.0. The fourth-order valence-corrected chi connectivity index (χ4v) is 17.8. The normalized spacial score (nSPS) is 12.0. The van der Waals surface area contributed by atoms with Gasteiger partial charge in [-0.15, -0.1) is 0 Å². The molecule has 8 nitrogen and oxygen atoms in total. The Morgan fingerprint density at radius 3 is 1.07 bits per heavy atom. The van der Waals surface area contributed by atoms with Crippen LogP contribution in [-0.4, -0.2) is 37.5 Å². The number of fused-ring (bicyclic) bond motifs is 34. The number of para-hydroxylation sites is 8. The van der Waals surface area contributed by atoms with Crippen LogP contribution >= 0.6 is 15.9 Å². The number of halogens is 1. The fourth-order valence-electron chi connectivity index (χ4n) is 17.4. The average molecular weight is 1430 g/mol. The molecule has 0 fully saturated rings. The van der Waals surface area contributed by atoms with E-state index in [1.165, 1.54) is 111 Å². The van der Waals surface area contributed by atoms with Crippen LogP contribution in [0, 0.1) is 0 Å². The summed E-state index contributed by atoms with van der Waals surface area (Å²) < 4.78 is 12.7. The second-order valence-corrected chi connectivity index (χ2v) is 28.6. The Bertz CT molecular complexity index is 7390. The van der Waals surface area contributed by atoms with E-state index in [2.05, 4.69) is 401 Å². The molecule has 0 saturated heterocycles. The zero-order valence-electron chi connectivity index (χ0n) is 57.6. The molecule has 0 bridgehead atoms. The third kappa shape index (κ3) is 9.27. The van der Waals surface area contributed by atoms with Crippen molar-refractivity contribution in [1.82, 2.24) is 37.5 Å². The van der Waals surface area contributed by atoms with Crippen molar-refractivity contribution in [2.75, 3.05) is 0 Å². The molecule has 22 aromatic rings. The lowest BCUT2D eigenvalue weighted by molar-refractivity contribution is 1.11. The summed E-state index contributed by atoms with van der Waals surface area (Å²) >= 11 is 3.66. The molecule has 0 amide bonds. The Morgan fingerprint density at radius 2 is 0.579 bits per heavy atom. The van der Waals surface area contributed by atoms with Gasteiger partial charge in [-0.1, -0.05) is 271 Å². The molecule has 107 heavy (non-hydrogen) atoms. The number of imidazole rings is 4. The zero-order valence-corrected chi connectivity index (χ0v) is 59.2. The first-order valence-corrected chi connectivity index (χ1v) is 37.1. The van der Waals surface area contributed by atoms with E-state index in [1.54, 1.807) is 0 Å². The lowest BCUT2D eigenvalue weighted by atomic mass is 9.81. The predicted molar refractivity (Wildman–Crippen MR) is 448 cm³/mol. The first kappa shape index (κ1) is 60.7. The number of nitrogens with one attached hydrogen (secondary N) is 1. The van der Waals surface area contributed by atoms with Gasteiger partial charge in [0.05, 0.1) is 49.7 Å². The van der Waals surface area contributed by atoms with Crippen molar-refractivity contribution in [2.45, 2.75) is 0 Å². The van der Waals surface area contributed by atoms with Gasteiger partial charge in [0.15, 0.2) is 0 Å². The fraction of sp³-hybridized carbons (Fsp3) is 0. The minimum atomic E-state index is 0.902. The standard InChI is InChI=1S/C49H30N4.C25H16N4.C24H15Br/c1-2-14-31(15-3-1)52-44-24-12-13-25-45(44)53-46-29-28-41-40-22-10-11-23-43(40)51(48(41)47(46)50-49(52)53)32-26-27-39-37-20-7-6-18-35(37)33-16-4-5-17-34(33)36-19-8-9-21-38(36)42(39)30-32;1-2-8-16(9-3-1)28-20-12-6-7-13-21(20)29-22-15-14-18-17-10-4-5-11-19(17)26-23(18)24(22)27-25(28)29;25-16-13-14-23-21-11-4-3-9-19(21)17-7-1-2-8-18(17)20-10-5-6-12-22(20)24(23)15-16/h1-30H;1-15,26H;1-15H. The Hall–Kier alpha value is -13.9. The summed E-state index contributed by atoms with van der Waals surface area (Å²) in [7, 11) is 0. The topological polar surface area (TPSA) is 65.2 Å². The average Bonchev–Trinajstić information content (AvgIpc) is 1.55. The molecule has 0 aliphatic heterocycles. The van der Waals surface area contributed by atoms with Crippen molar-refractivity contribution in [3.05, 3.63) is 368 Å². The summed E-state index contributed by atoms with van der Waals surface area (Å²) in [5, 5.41) is 4.85. The summed E-state index contributed by atoms with van der Waals surface area (Å²) in [5.74, 6) is 1.83. The van der Waals surface area contributed by atoms with Gasteiger partial charge in [0, 0.05) is 48.6 Å². The molecule has 9 heteroatoms. The quantitative estimate of drug-likeness (QED) is 0.192. The highest BCUT2D eigenvalue weighted by Crippen LogP contribution is 2.51. The second-order valence-electron chi connectivity index (χ2n) is 27.7. The van der Waals surface area contributed by atoms with Gasteiger partial charge in [-0.3, -0.25) is 17.9 Å². The summed E-state index contributed by atoms with van der Waals surface area (Å²) in [6.45, 7) is 0. The lowest BCUT2D eigenvalue weighted by Crippen LogP contribution is -2.00. The Morgan fingerprint density at radius 1 is 0.224 bits per heavy atom. The maximum Gasteiger partial charge on any atom is 0.220 e. The number of aromatic amines is 1. The second kappa shape index (κ2) is 24.1.